The molecule has 1 N–H and O–H groups in total. The van der Waals surface area contributed by atoms with E-state index >= 15 is 0 Å². The molecule has 0 aromatic heterocycles. The van der Waals surface area contributed by atoms with Crippen LogP contribution in [0.5, 0.6) is 0 Å². The second kappa shape index (κ2) is 5.69. The molecule has 1 rings (SSSR count). The van der Waals surface area contributed by atoms with Crippen molar-refractivity contribution in [2.45, 2.75) is 46.5 Å². The Morgan fingerprint density at radius 2 is 1.73 bits per heavy atom. The second-order valence-corrected chi connectivity index (χ2v) is 4.92. The Hall–Kier alpha value is -0.310. The molecule has 3 heteroatoms. The molecular formula is C12H24N2S. The van der Waals surface area contributed by atoms with E-state index in [9.17, 15) is 0 Å². The van der Waals surface area contributed by atoms with E-state index < -0.39 is 0 Å². The second-order valence-electron chi connectivity index (χ2n) is 4.53. The molecule has 88 valence electrons. The lowest BCUT2D eigenvalue weighted by Crippen LogP contribution is -2.46. The standard InChI is InChI=1S/C12H24N2S/c1-4-12(5-2)7-9-14(10-8-12)11(15)13-6-3/h4-10H2,1-3H3,(H,13,15). The van der Waals surface area contributed by atoms with E-state index in [1.807, 2.05) is 0 Å². The molecule has 1 aliphatic heterocycles. The summed E-state index contributed by atoms with van der Waals surface area (Å²) in [5.74, 6) is 0. The summed E-state index contributed by atoms with van der Waals surface area (Å²) in [6.45, 7) is 9.94. The molecule has 0 aromatic carbocycles. The van der Waals surface area contributed by atoms with Gasteiger partial charge in [0.1, 0.15) is 0 Å². The van der Waals surface area contributed by atoms with E-state index in [0.29, 0.717) is 5.41 Å². The Morgan fingerprint density at radius 1 is 1.20 bits per heavy atom. The number of hydrogen-bond donors (Lipinski definition) is 1. The Balaban J connectivity index is 2.44. The van der Waals surface area contributed by atoms with Crippen LogP contribution in [0.25, 0.3) is 0 Å². The van der Waals surface area contributed by atoms with Gasteiger partial charge in [0, 0.05) is 19.6 Å². The predicted octanol–water partition coefficient (Wildman–Crippen LogP) is 2.78. The maximum atomic E-state index is 5.34. The Morgan fingerprint density at radius 3 is 2.13 bits per heavy atom. The SMILES string of the molecule is CCNC(=S)N1CCC(CC)(CC)CC1. The van der Waals surface area contributed by atoms with Crippen LogP contribution in [0.2, 0.25) is 0 Å². The van der Waals surface area contributed by atoms with Crippen LogP contribution >= 0.6 is 12.2 Å². The van der Waals surface area contributed by atoms with Gasteiger partial charge in [-0.05, 0) is 37.4 Å². The van der Waals surface area contributed by atoms with Crippen molar-refractivity contribution >= 4 is 17.3 Å². The molecule has 0 aliphatic carbocycles. The van der Waals surface area contributed by atoms with Gasteiger partial charge in [-0.1, -0.05) is 26.7 Å². The monoisotopic (exact) mass is 228 g/mol. The average Bonchev–Trinajstić information content (AvgIpc) is 2.29. The summed E-state index contributed by atoms with van der Waals surface area (Å²) in [5.41, 5.74) is 0.596. The highest BCUT2D eigenvalue weighted by Gasteiger charge is 2.31. The Bertz CT molecular complexity index is 202. The molecule has 0 amide bonds. The third-order valence-corrected chi connectivity index (χ3v) is 4.34. The van der Waals surface area contributed by atoms with Gasteiger partial charge in [0.2, 0.25) is 0 Å². The summed E-state index contributed by atoms with van der Waals surface area (Å²) in [6, 6.07) is 0. The number of nitrogens with one attached hydrogen (secondary N) is 1. The van der Waals surface area contributed by atoms with Crippen LogP contribution in [0, 0.1) is 5.41 Å². The van der Waals surface area contributed by atoms with Crippen molar-refractivity contribution < 1.29 is 0 Å². The number of nitrogens with zero attached hydrogens (tertiary/aromatic N) is 1. The van der Waals surface area contributed by atoms with Gasteiger partial charge in [0.25, 0.3) is 0 Å². The van der Waals surface area contributed by atoms with Crippen LogP contribution in [0.15, 0.2) is 0 Å². The molecule has 0 saturated carbocycles. The molecule has 2 nitrogen and oxygen atoms in total. The van der Waals surface area contributed by atoms with Gasteiger partial charge in [-0.25, -0.2) is 0 Å². The van der Waals surface area contributed by atoms with Gasteiger partial charge in [-0.2, -0.15) is 0 Å². The predicted molar refractivity (Wildman–Crippen MR) is 70.1 cm³/mol. The molecule has 0 atom stereocenters. The number of thiocarbonyl (C=S) groups is 1. The van der Waals surface area contributed by atoms with Crippen molar-refractivity contribution in [3.05, 3.63) is 0 Å². The fourth-order valence-corrected chi connectivity index (χ4v) is 2.73. The quantitative estimate of drug-likeness (QED) is 0.748. The van der Waals surface area contributed by atoms with Gasteiger partial charge in [-0.3, -0.25) is 0 Å². The minimum absolute atomic E-state index is 0.596. The first kappa shape index (κ1) is 12.8. The largest absolute Gasteiger partial charge is 0.363 e. The molecule has 1 heterocycles. The highest BCUT2D eigenvalue weighted by molar-refractivity contribution is 7.80. The zero-order chi connectivity index (χ0) is 11.3. The average molecular weight is 228 g/mol. The van der Waals surface area contributed by atoms with E-state index in [2.05, 4.69) is 31.0 Å². The fraction of sp³-hybridized carbons (Fsp3) is 0.917. The number of likely N-dealkylation sites (tertiary alicyclic amines) is 1. The minimum Gasteiger partial charge on any atom is -0.363 e. The van der Waals surface area contributed by atoms with Crippen LogP contribution in [0.4, 0.5) is 0 Å². The van der Waals surface area contributed by atoms with E-state index in [-0.39, 0.29) is 0 Å². The lowest BCUT2D eigenvalue weighted by molar-refractivity contribution is 0.135. The lowest BCUT2D eigenvalue weighted by Gasteiger charge is -2.41. The zero-order valence-corrected chi connectivity index (χ0v) is 11.1. The van der Waals surface area contributed by atoms with Gasteiger partial charge in [0.15, 0.2) is 5.11 Å². The third kappa shape index (κ3) is 3.07. The van der Waals surface area contributed by atoms with E-state index in [4.69, 9.17) is 12.2 Å². The molecule has 1 fully saturated rings. The fourth-order valence-electron chi connectivity index (χ4n) is 2.40. The van der Waals surface area contributed by atoms with Gasteiger partial charge in [0.05, 0.1) is 0 Å². The van der Waals surface area contributed by atoms with E-state index in [0.717, 1.165) is 24.7 Å². The van der Waals surface area contributed by atoms with Crippen molar-refractivity contribution in [1.29, 1.82) is 0 Å². The number of piperidine rings is 1. The molecule has 0 spiro atoms. The van der Waals surface area contributed by atoms with Crippen molar-refractivity contribution in [3.63, 3.8) is 0 Å². The van der Waals surface area contributed by atoms with Crippen LogP contribution in [0.1, 0.15) is 46.5 Å². The zero-order valence-electron chi connectivity index (χ0n) is 10.3. The molecule has 1 saturated heterocycles. The van der Waals surface area contributed by atoms with Crippen molar-refractivity contribution in [3.8, 4) is 0 Å². The maximum absolute atomic E-state index is 5.34. The Labute approximate surface area is 99.4 Å². The van der Waals surface area contributed by atoms with Crippen molar-refractivity contribution in [1.82, 2.24) is 10.2 Å². The summed E-state index contributed by atoms with van der Waals surface area (Å²) >= 11 is 5.34. The number of hydrogen-bond acceptors (Lipinski definition) is 1. The first-order valence-corrected chi connectivity index (χ1v) is 6.61. The topological polar surface area (TPSA) is 15.3 Å². The van der Waals surface area contributed by atoms with Crippen molar-refractivity contribution in [2.24, 2.45) is 5.41 Å². The lowest BCUT2D eigenvalue weighted by atomic mass is 9.74. The van der Waals surface area contributed by atoms with Crippen molar-refractivity contribution in [2.75, 3.05) is 19.6 Å². The van der Waals surface area contributed by atoms with Crippen LogP contribution < -0.4 is 5.32 Å². The van der Waals surface area contributed by atoms with E-state index in [1.165, 1.54) is 25.7 Å². The van der Waals surface area contributed by atoms with Gasteiger partial charge in [-0.15, -0.1) is 0 Å². The molecular weight excluding hydrogens is 204 g/mol. The highest BCUT2D eigenvalue weighted by atomic mass is 32.1. The summed E-state index contributed by atoms with van der Waals surface area (Å²) < 4.78 is 0. The van der Waals surface area contributed by atoms with Gasteiger partial charge >= 0.3 is 0 Å². The van der Waals surface area contributed by atoms with Crippen LogP contribution in [-0.2, 0) is 0 Å². The molecule has 0 aromatic rings. The molecule has 1 aliphatic rings. The van der Waals surface area contributed by atoms with Gasteiger partial charge < -0.3 is 10.2 Å². The smallest absolute Gasteiger partial charge is 0.168 e. The van der Waals surface area contributed by atoms with Crippen LogP contribution in [0.3, 0.4) is 0 Å². The first-order chi connectivity index (χ1) is 7.17. The maximum Gasteiger partial charge on any atom is 0.168 e. The number of rotatable bonds is 3. The summed E-state index contributed by atoms with van der Waals surface area (Å²) in [4.78, 5) is 2.32. The first-order valence-electron chi connectivity index (χ1n) is 6.20. The summed E-state index contributed by atoms with van der Waals surface area (Å²) in [6.07, 6.45) is 5.22. The van der Waals surface area contributed by atoms with Crippen LogP contribution in [-0.4, -0.2) is 29.6 Å². The van der Waals surface area contributed by atoms with E-state index in [1.54, 1.807) is 0 Å². The molecule has 0 radical (unpaired) electrons. The third-order valence-electron chi connectivity index (χ3n) is 3.94. The Kier molecular flexibility index (Phi) is 4.84. The normalized spacial score (nSPS) is 20.1. The summed E-state index contributed by atoms with van der Waals surface area (Å²) in [5, 5.41) is 4.18. The summed E-state index contributed by atoms with van der Waals surface area (Å²) in [7, 11) is 0. The minimum atomic E-state index is 0.596. The molecule has 15 heavy (non-hydrogen) atoms. The highest BCUT2D eigenvalue weighted by Crippen LogP contribution is 2.37. The molecule has 0 bridgehead atoms. The molecule has 0 unspecified atom stereocenters.